The summed E-state index contributed by atoms with van der Waals surface area (Å²) >= 11 is 0. The summed E-state index contributed by atoms with van der Waals surface area (Å²) in [6.45, 7) is 1.34. The molecule has 0 saturated carbocycles. The highest BCUT2D eigenvalue weighted by atomic mass is 35.5. The smallest absolute Gasteiger partial charge is 0.246 e. The van der Waals surface area contributed by atoms with Gasteiger partial charge in [0.25, 0.3) is 0 Å². The van der Waals surface area contributed by atoms with Crippen LogP contribution < -0.4 is 5.32 Å². The van der Waals surface area contributed by atoms with Crippen molar-refractivity contribution in [1.29, 1.82) is 0 Å². The Bertz CT molecular complexity index is 781. The van der Waals surface area contributed by atoms with E-state index in [0.29, 0.717) is 25.2 Å². The van der Waals surface area contributed by atoms with Gasteiger partial charge in [-0.05, 0) is 17.7 Å². The average molecular weight is 361 g/mol. The summed E-state index contributed by atoms with van der Waals surface area (Å²) in [6.07, 6.45) is 2.81. The molecule has 0 radical (unpaired) electrons. The maximum absolute atomic E-state index is 13.5. The van der Waals surface area contributed by atoms with E-state index < -0.39 is 16.1 Å². The average Bonchev–Trinajstić information content (AvgIpc) is 2.95. The van der Waals surface area contributed by atoms with Crippen LogP contribution in [0.1, 0.15) is 11.6 Å². The first kappa shape index (κ1) is 17.9. The number of rotatable bonds is 3. The minimum Gasteiger partial charge on any atom is -0.313 e. The molecule has 0 spiro atoms. The molecular formula is C14H18ClFN4O2S. The quantitative estimate of drug-likeness (QED) is 0.896. The van der Waals surface area contributed by atoms with Crippen LogP contribution >= 0.6 is 12.4 Å². The molecule has 126 valence electrons. The van der Waals surface area contributed by atoms with Crippen molar-refractivity contribution in [3.63, 3.8) is 0 Å². The number of aromatic nitrogens is 2. The van der Waals surface area contributed by atoms with Crippen LogP contribution in [0.2, 0.25) is 0 Å². The highest BCUT2D eigenvalue weighted by Gasteiger charge is 2.35. The zero-order chi connectivity index (χ0) is 15.7. The number of hydrogen-bond donors (Lipinski definition) is 1. The summed E-state index contributed by atoms with van der Waals surface area (Å²) < 4.78 is 42.0. The number of halogens is 2. The van der Waals surface area contributed by atoms with Crippen LogP contribution in [0.3, 0.4) is 0 Å². The summed E-state index contributed by atoms with van der Waals surface area (Å²) in [7, 11) is -2.00. The molecule has 0 bridgehead atoms. The van der Waals surface area contributed by atoms with Gasteiger partial charge in [-0.25, -0.2) is 12.8 Å². The molecule has 1 aliphatic heterocycles. The van der Waals surface area contributed by atoms with Crippen molar-refractivity contribution in [1.82, 2.24) is 19.4 Å². The summed E-state index contributed by atoms with van der Waals surface area (Å²) in [5, 5.41) is 7.09. The third-order valence-corrected chi connectivity index (χ3v) is 5.58. The normalized spacial score (nSPS) is 19.3. The van der Waals surface area contributed by atoms with E-state index >= 15 is 0 Å². The number of aryl methyl sites for hydroxylation is 1. The number of sulfonamides is 1. The van der Waals surface area contributed by atoms with Crippen LogP contribution in [0, 0.1) is 5.82 Å². The molecule has 0 aliphatic carbocycles. The lowest BCUT2D eigenvalue weighted by atomic mass is 10.1. The number of nitrogens with one attached hydrogen (secondary N) is 1. The molecule has 1 unspecified atom stereocenters. The highest BCUT2D eigenvalue weighted by Crippen LogP contribution is 2.28. The Morgan fingerprint density at radius 3 is 2.83 bits per heavy atom. The van der Waals surface area contributed by atoms with Gasteiger partial charge in [-0.1, -0.05) is 12.1 Å². The van der Waals surface area contributed by atoms with E-state index in [0.717, 1.165) is 0 Å². The molecule has 3 rings (SSSR count). The third-order valence-electron chi connectivity index (χ3n) is 3.72. The Labute approximate surface area is 140 Å². The largest absolute Gasteiger partial charge is 0.313 e. The number of benzene rings is 1. The van der Waals surface area contributed by atoms with Gasteiger partial charge in [0.2, 0.25) is 10.0 Å². The number of piperazine rings is 1. The molecule has 1 aliphatic rings. The summed E-state index contributed by atoms with van der Waals surface area (Å²) in [5.41, 5.74) is 0.639. The SMILES string of the molecule is Cl.Cn1cc(S(=O)(=O)N2CCNCC2c2cccc(F)c2)cn1. The Balaban J connectivity index is 0.00000192. The Morgan fingerprint density at radius 1 is 1.39 bits per heavy atom. The Morgan fingerprint density at radius 2 is 2.17 bits per heavy atom. The minimum atomic E-state index is -3.66. The van der Waals surface area contributed by atoms with Gasteiger partial charge in [0.05, 0.1) is 12.2 Å². The second-order valence-electron chi connectivity index (χ2n) is 5.24. The fourth-order valence-electron chi connectivity index (χ4n) is 2.64. The van der Waals surface area contributed by atoms with Crippen molar-refractivity contribution in [2.75, 3.05) is 19.6 Å². The van der Waals surface area contributed by atoms with Gasteiger partial charge in [-0.2, -0.15) is 9.40 Å². The van der Waals surface area contributed by atoms with E-state index in [1.165, 1.54) is 33.5 Å². The molecule has 1 aromatic heterocycles. The monoisotopic (exact) mass is 360 g/mol. The first-order valence-corrected chi connectivity index (χ1v) is 8.39. The Kier molecular flexibility index (Phi) is 5.41. The predicted octanol–water partition coefficient (Wildman–Crippen LogP) is 1.32. The van der Waals surface area contributed by atoms with Crippen LogP contribution in [0.25, 0.3) is 0 Å². The topological polar surface area (TPSA) is 67.2 Å². The van der Waals surface area contributed by atoms with Crippen molar-refractivity contribution in [2.24, 2.45) is 7.05 Å². The van der Waals surface area contributed by atoms with Gasteiger partial charge in [0.1, 0.15) is 10.7 Å². The fourth-order valence-corrected chi connectivity index (χ4v) is 4.24. The summed E-state index contributed by atoms with van der Waals surface area (Å²) in [6, 6.07) is 5.62. The molecule has 1 atom stereocenters. The van der Waals surface area contributed by atoms with Crippen LogP contribution in [0.15, 0.2) is 41.6 Å². The molecule has 0 amide bonds. The predicted molar refractivity (Wildman–Crippen MR) is 86.4 cm³/mol. The van der Waals surface area contributed by atoms with E-state index in [1.807, 2.05) is 0 Å². The van der Waals surface area contributed by atoms with Gasteiger partial charge in [-0.3, -0.25) is 4.68 Å². The van der Waals surface area contributed by atoms with Crippen LogP contribution in [-0.4, -0.2) is 42.1 Å². The van der Waals surface area contributed by atoms with Crippen molar-refractivity contribution < 1.29 is 12.8 Å². The molecule has 1 fully saturated rings. The first-order valence-electron chi connectivity index (χ1n) is 6.95. The maximum Gasteiger partial charge on any atom is 0.246 e. The molecule has 9 heteroatoms. The second-order valence-corrected chi connectivity index (χ2v) is 7.13. The standard InChI is InChI=1S/C14H17FN4O2S.ClH/c1-18-10-13(8-17-18)22(20,21)19-6-5-16-9-14(19)11-3-2-4-12(15)7-11;/h2-4,7-8,10,14,16H,5-6,9H2,1H3;1H. The summed E-state index contributed by atoms with van der Waals surface area (Å²) in [5.74, 6) is -0.373. The van der Waals surface area contributed by atoms with Crippen LogP contribution in [0.5, 0.6) is 0 Å². The molecule has 2 aromatic rings. The molecule has 23 heavy (non-hydrogen) atoms. The maximum atomic E-state index is 13.5. The highest BCUT2D eigenvalue weighted by molar-refractivity contribution is 7.89. The molecule has 6 nitrogen and oxygen atoms in total. The lowest BCUT2D eigenvalue weighted by Gasteiger charge is -2.35. The second kappa shape index (κ2) is 6.96. The van der Waals surface area contributed by atoms with Gasteiger partial charge in [0.15, 0.2) is 0 Å². The van der Waals surface area contributed by atoms with Gasteiger partial charge in [-0.15, -0.1) is 12.4 Å². The van der Waals surface area contributed by atoms with Crippen molar-refractivity contribution in [2.45, 2.75) is 10.9 Å². The van der Waals surface area contributed by atoms with E-state index in [2.05, 4.69) is 10.4 Å². The van der Waals surface area contributed by atoms with Crippen LogP contribution in [0.4, 0.5) is 4.39 Å². The van der Waals surface area contributed by atoms with Crippen LogP contribution in [-0.2, 0) is 17.1 Å². The summed E-state index contributed by atoms with van der Waals surface area (Å²) in [4.78, 5) is 0.151. The molecule has 1 N–H and O–H groups in total. The minimum absolute atomic E-state index is 0. The first-order chi connectivity index (χ1) is 10.5. The van der Waals surface area contributed by atoms with Gasteiger partial charge >= 0.3 is 0 Å². The van der Waals surface area contributed by atoms with E-state index in [9.17, 15) is 12.8 Å². The molecular weight excluding hydrogens is 343 g/mol. The molecule has 1 aromatic carbocycles. The Hall–Kier alpha value is -1.48. The van der Waals surface area contributed by atoms with Crippen molar-refractivity contribution in [3.05, 3.63) is 48.0 Å². The van der Waals surface area contributed by atoms with Gasteiger partial charge in [0, 0.05) is 32.9 Å². The third kappa shape index (κ3) is 3.55. The fraction of sp³-hybridized carbons (Fsp3) is 0.357. The van der Waals surface area contributed by atoms with Crippen molar-refractivity contribution in [3.8, 4) is 0 Å². The van der Waals surface area contributed by atoms with Gasteiger partial charge < -0.3 is 5.32 Å². The zero-order valence-corrected chi connectivity index (χ0v) is 14.1. The van der Waals surface area contributed by atoms with Crippen molar-refractivity contribution >= 4 is 22.4 Å². The molecule has 2 heterocycles. The zero-order valence-electron chi connectivity index (χ0n) is 12.5. The van der Waals surface area contributed by atoms with E-state index in [4.69, 9.17) is 0 Å². The number of hydrogen-bond acceptors (Lipinski definition) is 4. The van der Waals surface area contributed by atoms with E-state index in [-0.39, 0.29) is 23.1 Å². The van der Waals surface area contributed by atoms with E-state index in [1.54, 1.807) is 19.2 Å². The number of nitrogens with zero attached hydrogens (tertiary/aromatic N) is 3. The molecule has 1 saturated heterocycles. The lowest BCUT2D eigenvalue weighted by molar-refractivity contribution is 0.271. The lowest BCUT2D eigenvalue weighted by Crippen LogP contribution is -2.48.